The van der Waals surface area contributed by atoms with Crippen LogP contribution < -0.4 is 10.1 Å². The third-order valence-corrected chi connectivity index (χ3v) is 1.87. The third-order valence-electron chi connectivity index (χ3n) is 1.87. The topological polar surface area (TPSA) is 21.3 Å². The number of hydrogen-bond acceptors (Lipinski definition) is 2. The summed E-state index contributed by atoms with van der Waals surface area (Å²) in [5, 5.41) is 3.09. The molecule has 0 saturated heterocycles. The smallest absolute Gasteiger partial charge is 0.178 e. The molecule has 0 spiro atoms. The summed E-state index contributed by atoms with van der Waals surface area (Å²) >= 11 is 0. The van der Waals surface area contributed by atoms with Crippen molar-refractivity contribution in [2.24, 2.45) is 0 Å². The fourth-order valence-electron chi connectivity index (χ4n) is 1.26. The molecule has 1 aliphatic heterocycles. The zero-order chi connectivity index (χ0) is 8.55. The number of halogens is 1. The molecular formula is C9H10FNO. The zero-order valence-electron chi connectivity index (χ0n) is 6.80. The van der Waals surface area contributed by atoms with Crippen LogP contribution in [-0.2, 0) is 0 Å². The van der Waals surface area contributed by atoms with E-state index >= 15 is 0 Å². The fraction of sp³-hybridized carbons (Fsp3) is 0.333. The maximum Gasteiger partial charge on any atom is 0.178 e. The Balaban J connectivity index is 2.43. The van der Waals surface area contributed by atoms with E-state index in [9.17, 15) is 4.39 Å². The van der Waals surface area contributed by atoms with E-state index in [1.54, 1.807) is 6.07 Å². The molecule has 1 aliphatic rings. The van der Waals surface area contributed by atoms with Gasteiger partial charge in [-0.05, 0) is 19.1 Å². The second kappa shape index (κ2) is 2.66. The summed E-state index contributed by atoms with van der Waals surface area (Å²) in [7, 11) is 0. The number of anilines is 1. The van der Waals surface area contributed by atoms with Crippen LogP contribution in [0.2, 0.25) is 0 Å². The minimum atomic E-state index is -0.299. The lowest BCUT2D eigenvalue weighted by molar-refractivity contribution is 0.215. The van der Waals surface area contributed by atoms with Crippen molar-refractivity contribution in [2.75, 3.05) is 11.9 Å². The van der Waals surface area contributed by atoms with Crippen molar-refractivity contribution in [3.63, 3.8) is 0 Å². The van der Waals surface area contributed by atoms with Gasteiger partial charge in [0, 0.05) is 0 Å². The van der Waals surface area contributed by atoms with E-state index in [4.69, 9.17) is 4.74 Å². The molecule has 2 rings (SSSR count). The van der Waals surface area contributed by atoms with Gasteiger partial charge in [0.05, 0.1) is 12.2 Å². The van der Waals surface area contributed by atoms with Gasteiger partial charge in [-0.25, -0.2) is 4.39 Å². The Morgan fingerprint density at radius 3 is 3.25 bits per heavy atom. The van der Waals surface area contributed by atoms with Crippen molar-refractivity contribution >= 4 is 5.69 Å². The first-order valence-electron chi connectivity index (χ1n) is 3.96. The molecule has 3 heteroatoms. The summed E-state index contributed by atoms with van der Waals surface area (Å²) in [5.41, 5.74) is 0.744. The van der Waals surface area contributed by atoms with Gasteiger partial charge in [0.15, 0.2) is 11.6 Å². The average Bonchev–Trinajstić information content (AvgIpc) is 2.07. The number of rotatable bonds is 0. The van der Waals surface area contributed by atoms with Crippen LogP contribution in [0.1, 0.15) is 6.92 Å². The number of ether oxygens (including phenoxy) is 1. The second-order valence-corrected chi connectivity index (χ2v) is 2.93. The number of para-hydroxylation sites is 1. The quantitative estimate of drug-likeness (QED) is 0.638. The molecular weight excluding hydrogens is 157 g/mol. The van der Waals surface area contributed by atoms with Crippen molar-refractivity contribution in [1.82, 2.24) is 0 Å². The molecule has 0 amide bonds. The molecule has 12 heavy (non-hydrogen) atoms. The fourth-order valence-corrected chi connectivity index (χ4v) is 1.26. The summed E-state index contributed by atoms with van der Waals surface area (Å²) in [5.74, 6) is 0.0443. The Bertz CT molecular complexity index is 301. The molecule has 0 bridgehead atoms. The largest absolute Gasteiger partial charge is 0.484 e. The Labute approximate surface area is 70.3 Å². The summed E-state index contributed by atoms with van der Waals surface area (Å²) in [6.45, 7) is 2.64. The summed E-state index contributed by atoms with van der Waals surface area (Å²) < 4.78 is 18.4. The zero-order valence-corrected chi connectivity index (χ0v) is 6.80. The van der Waals surface area contributed by atoms with Crippen LogP contribution >= 0.6 is 0 Å². The van der Waals surface area contributed by atoms with Crippen molar-refractivity contribution in [2.45, 2.75) is 13.0 Å². The summed E-state index contributed by atoms with van der Waals surface area (Å²) in [6.07, 6.45) is 0.0365. The molecule has 0 aliphatic carbocycles. The molecule has 1 N–H and O–H groups in total. The van der Waals surface area contributed by atoms with Gasteiger partial charge in [-0.15, -0.1) is 0 Å². The molecule has 0 unspecified atom stereocenters. The molecule has 0 fully saturated rings. The molecule has 1 atom stereocenters. The first-order chi connectivity index (χ1) is 5.77. The Kier molecular flexibility index (Phi) is 1.64. The Morgan fingerprint density at radius 2 is 2.42 bits per heavy atom. The van der Waals surface area contributed by atoms with Crippen molar-refractivity contribution in [3.05, 3.63) is 24.0 Å². The van der Waals surface area contributed by atoms with E-state index in [1.807, 2.05) is 13.0 Å². The first-order valence-corrected chi connectivity index (χ1v) is 3.96. The van der Waals surface area contributed by atoms with Crippen LogP contribution in [0.4, 0.5) is 10.1 Å². The highest BCUT2D eigenvalue weighted by Gasteiger charge is 2.17. The number of fused-ring (bicyclic) bond motifs is 1. The number of hydrogen-bond donors (Lipinski definition) is 1. The van der Waals surface area contributed by atoms with E-state index in [0.717, 1.165) is 12.2 Å². The average molecular weight is 167 g/mol. The maximum absolute atomic E-state index is 13.1. The highest BCUT2D eigenvalue weighted by Crippen LogP contribution is 2.31. The molecule has 64 valence electrons. The molecule has 1 aromatic carbocycles. The minimum Gasteiger partial charge on any atom is -0.484 e. The molecule has 1 heterocycles. The SMILES string of the molecule is C[C@@H]1CNc2cccc(F)c2O1. The van der Waals surface area contributed by atoms with E-state index in [0.29, 0.717) is 5.75 Å². The van der Waals surface area contributed by atoms with Crippen LogP contribution in [0, 0.1) is 5.82 Å². The molecule has 1 aromatic rings. The normalized spacial score (nSPS) is 20.7. The highest BCUT2D eigenvalue weighted by molar-refractivity contribution is 5.58. The molecule has 0 radical (unpaired) electrons. The van der Waals surface area contributed by atoms with E-state index in [2.05, 4.69) is 5.32 Å². The lowest BCUT2D eigenvalue weighted by atomic mass is 10.2. The van der Waals surface area contributed by atoms with Gasteiger partial charge < -0.3 is 10.1 Å². The van der Waals surface area contributed by atoms with Gasteiger partial charge in [0.2, 0.25) is 0 Å². The van der Waals surface area contributed by atoms with Crippen LogP contribution in [0.25, 0.3) is 0 Å². The molecule has 0 saturated carbocycles. The minimum absolute atomic E-state index is 0.0365. The van der Waals surface area contributed by atoms with E-state index in [-0.39, 0.29) is 11.9 Å². The van der Waals surface area contributed by atoms with Gasteiger partial charge in [-0.1, -0.05) is 6.07 Å². The van der Waals surface area contributed by atoms with Gasteiger partial charge in [0.25, 0.3) is 0 Å². The standard InChI is InChI=1S/C9H10FNO/c1-6-5-11-8-4-2-3-7(10)9(8)12-6/h2-4,6,11H,5H2,1H3/t6-/m1/s1. The Morgan fingerprint density at radius 1 is 1.58 bits per heavy atom. The molecule has 2 nitrogen and oxygen atoms in total. The summed E-state index contributed by atoms with van der Waals surface area (Å²) in [4.78, 5) is 0. The highest BCUT2D eigenvalue weighted by atomic mass is 19.1. The first kappa shape index (κ1) is 7.40. The monoisotopic (exact) mass is 167 g/mol. The lowest BCUT2D eigenvalue weighted by Crippen LogP contribution is -2.28. The Hall–Kier alpha value is -1.25. The van der Waals surface area contributed by atoms with Crippen molar-refractivity contribution < 1.29 is 9.13 Å². The number of benzene rings is 1. The maximum atomic E-state index is 13.1. The van der Waals surface area contributed by atoms with Gasteiger partial charge in [-0.3, -0.25) is 0 Å². The van der Waals surface area contributed by atoms with Crippen molar-refractivity contribution in [3.8, 4) is 5.75 Å². The van der Waals surface area contributed by atoms with E-state index in [1.165, 1.54) is 6.07 Å². The van der Waals surface area contributed by atoms with Gasteiger partial charge >= 0.3 is 0 Å². The third kappa shape index (κ3) is 1.11. The predicted molar refractivity (Wildman–Crippen MR) is 45.0 cm³/mol. The van der Waals surface area contributed by atoms with Crippen molar-refractivity contribution in [1.29, 1.82) is 0 Å². The summed E-state index contributed by atoms with van der Waals surface area (Å²) in [6, 6.07) is 4.88. The van der Waals surface area contributed by atoms with Gasteiger partial charge in [-0.2, -0.15) is 0 Å². The second-order valence-electron chi connectivity index (χ2n) is 2.93. The van der Waals surface area contributed by atoms with Crippen LogP contribution in [0.3, 0.4) is 0 Å². The van der Waals surface area contributed by atoms with Gasteiger partial charge in [0.1, 0.15) is 6.10 Å². The predicted octanol–water partition coefficient (Wildman–Crippen LogP) is 2.02. The molecule has 0 aromatic heterocycles. The van der Waals surface area contributed by atoms with E-state index < -0.39 is 0 Å². The van der Waals surface area contributed by atoms with Crippen LogP contribution in [0.15, 0.2) is 18.2 Å². The van der Waals surface area contributed by atoms with Crippen LogP contribution in [-0.4, -0.2) is 12.6 Å². The number of nitrogens with one attached hydrogen (secondary N) is 1. The van der Waals surface area contributed by atoms with Crippen LogP contribution in [0.5, 0.6) is 5.75 Å². The lowest BCUT2D eigenvalue weighted by Gasteiger charge is -2.24.